The molecular weight excluding hydrogens is 625 g/mol. The summed E-state index contributed by atoms with van der Waals surface area (Å²) in [6.45, 7) is 16.5. The number of benzene rings is 1. The summed E-state index contributed by atoms with van der Waals surface area (Å²) in [5.41, 5.74) is 4.09. The summed E-state index contributed by atoms with van der Waals surface area (Å²) in [7, 11) is 2.13. The Labute approximate surface area is 280 Å². The van der Waals surface area contributed by atoms with Gasteiger partial charge in [0.15, 0.2) is 5.82 Å². The summed E-state index contributed by atoms with van der Waals surface area (Å²) in [5.74, 6) is 0.998. The second-order valence-electron chi connectivity index (χ2n) is 14.6. The maximum Gasteiger partial charge on any atom is 0.245 e. The first-order valence-electron chi connectivity index (χ1n) is 16.5. The lowest BCUT2D eigenvalue weighted by Gasteiger charge is -2.58. The SMILES string of the molecule is C=CC(=O)N1CC2(CC(n3nc(N4CCCCC4(C)C)c(-c4c(Cl)c(Cl)cc5[nH]ncc45)c3C)C2)C1.CN1CC2COCC(C1)O2. The predicted octanol–water partition coefficient (Wildman–Crippen LogP) is 5.88. The average molecular weight is 671 g/mol. The van der Waals surface area contributed by atoms with Gasteiger partial charge in [0, 0.05) is 65.9 Å². The molecular formula is C34H45Cl2N7O3. The summed E-state index contributed by atoms with van der Waals surface area (Å²) >= 11 is 13.5. The molecule has 5 aliphatic rings. The van der Waals surface area contributed by atoms with Gasteiger partial charge in [0.05, 0.1) is 53.2 Å². The van der Waals surface area contributed by atoms with E-state index in [9.17, 15) is 4.79 Å². The number of nitrogens with zero attached hydrogens (tertiary/aromatic N) is 6. The Kier molecular flexibility index (Phi) is 8.41. The minimum absolute atomic E-state index is 0.0143. The molecule has 1 aromatic carbocycles. The molecule has 10 nitrogen and oxygen atoms in total. The number of hydrogen-bond acceptors (Lipinski definition) is 7. The number of fused-ring (bicyclic) bond motifs is 3. The maximum absolute atomic E-state index is 12.0. The second kappa shape index (κ2) is 12.1. The van der Waals surface area contributed by atoms with Crippen LogP contribution in [0.5, 0.6) is 0 Å². The molecule has 4 aliphatic heterocycles. The lowest BCUT2D eigenvalue weighted by atomic mass is 9.60. The fourth-order valence-corrected chi connectivity index (χ4v) is 8.79. The van der Waals surface area contributed by atoms with Gasteiger partial charge in [-0.2, -0.15) is 10.2 Å². The number of carbonyl (C=O) groups is 1. The van der Waals surface area contributed by atoms with E-state index in [0.29, 0.717) is 28.3 Å². The van der Waals surface area contributed by atoms with Gasteiger partial charge < -0.3 is 24.2 Å². The number of halogens is 2. The van der Waals surface area contributed by atoms with Crippen LogP contribution in [0.25, 0.3) is 22.0 Å². The average Bonchev–Trinajstić information content (AvgIpc) is 3.56. The highest BCUT2D eigenvalue weighted by Crippen LogP contribution is 2.56. The molecule has 2 aromatic heterocycles. The Balaban J connectivity index is 0.000000286. The largest absolute Gasteiger partial charge is 0.376 e. The lowest BCUT2D eigenvalue weighted by Crippen LogP contribution is -2.63. The molecule has 2 atom stereocenters. The van der Waals surface area contributed by atoms with Crippen molar-refractivity contribution in [1.82, 2.24) is 29.8 Å². The van der Waals surface area contributed by atoms with E-state index in [1.807, 2.05) is 17.2 Å². The number of likely N-dealkylation sites (N-methyl/N-ethyl adjacent to an activating group) is 1. The predicted molar refractivity (Wildman–Crippen MR) is 182 cm³/mol. The third-order valence-electron chi connectivity index (χ3n) is 10.7. The van der Waals surface area contributed by atoms with Crippen molar-refractivity contribution in [2.24, 2.45) is 5.41 Å². The molecule has 248 valence electrons. The summed E-state index contributed by atoms with van der Waals surface area (Å²) < 4.78 is 13.2. The van der Waals surface area contributed by atoms with E-state index in [1.54, 1.807) is 0 Å². The van der Waals surface area contributed by atoms with Crippen molar-refractivity contribution in [1.29, 1.82) is 0 Å². The lowest BCUT2D eigenvalue weighted by molar-refractivity contribution is -0.175. The standard InChI is InChI=1S/C27H32Cl2N6O.C7H13NO2/c1-5-21(36)33-14-27(15-33)11-17(12-27)35-16(2)22(25(32-35)34-9-7-6-8-26(34,3)4)23-18-13-30-31-20(18)10-19(28)24(23)29;1-8-2-6-4-9-5-7(3-8)10-6/h5,10,13,17H,1,6-9,11-12,14-15H2,2-4H3,(H,30,31);6-7H,2-5H2,1H3. The summed E-state index contributed by atoms with van der Waals surface area (Å²) in [4.78, 5) is 18.6. The van der Waals surface area contributed by atoms with Gasteiger partial charge in [0.1, 0.15) is 0 Å². The number of hydrogen-bond donors (Lipinski definition) is 1. The molecule has 4 saturated heterocycles. The van der Waals surface area contributed by atoms with Gasteiger partial charge in [-0.3, -0.25) is 14.6 Å². The monoisotopic (exact) mass is 669 g/mol. The zero-order chi connectivity index (χ0) is 32.4. The Bertz CT molecular complexity index is 1620. The van der Waals surface area contributed by atoms with Crippen molar-refractivity contribution in [2.75, 3.05) is 57.9 Å². The van der Waals surface area contributed by atoms with Crippen LogP contribution in [0.4, 0.5) is 5.82 Å². The normalized spacial score (nSPS) is 25.5. The van der Waals surface area contributed by atoms with Crippen molar-refractivity contribution in [3.8, 4) is 11.1 Å². The molecule has 2 bridgehead atoms. The first-order valence-corrected chi connectivity index (χ1v) is 17.3. The van der Waals surface area contributed by atoms with Crippen LogP contribution in [0.3, 0.4) is 0 Å². The highest BCUT2D eigenvalue weighted by molar-refractivity contribution is 6.45. The Morgan fingerprint density at radius 3 is 2.52 bits per heavy atom. The van der Waals surface area contributed by atoms with Gasteiger partial charge in [0.25, 0.3) is 0 Å². The number of ether oxygens (including phenoxy) is 2. The van der Waals surface area contributed by atoms with Crippen LogP contribution < -0.4 is 4.90 Å². The maximum atomic E-state index is 12.0. The van der Waals surface area contributed by atoms with E-state index in [4.69, 9.17) is 37.8 Å². The minimum Gasteiger partial charge on any atom is -0.376 e. The number of amides is 1. The van der Waals surface area contributed by atoms with Crippen molar-refractivity contribution in [3.63, 3.8) is 0 Å². The second-order valence-corrected chi connectivity index (χ2v) is 15.4. The number of piperidine rings is 1. The minimum atomic E-state index is -0.0143. The van der Waals surface area contributed by atoms with Gasteiger partial charge in [-0.05, 0) is 72.1 Å². The van der Waals surface area contributed by atoms with Gasteiger partial charge in [-0.25, -0.2) is 0 Å². The van der Waals surface area contributed by atoms with Crippen molar-refractivity contribution in [3.05, 3.63) is 40.7 Å². The smallest absolute Gasteiger partial charge is 0.245 e. The Morgan fingerprint density at radius 2 is 1.85 bits per heavy atom. The van der Waals surface area contributed by atoms with E-state index in [0.717, 1.165) is 105 Å². The number of nitrogens with one attached hydrogen (secondary N) is 1. The number of rotatable bonds is 4. The third-order valence-corrected chi connectivity index (χ3v) is 11.5. The Hall–Kier alpha value is -2.63. The van der Waals surface area contributed by atoms with Gasteiger partial charge >= 0.3 is 0 Å². The van der Waals surface area contributed by atoms with E-state index in [2.05, 4.69) is 59.1 Å². The molecule has 2 unspecified atom stereocenters. The summed E-state index contributed by atoms with van der Waals surface area (Å²) in [6.07, 6.45) is 9.40. The van der Waals surface area contributed by atoms with Crippen molar-refractivity contribution < 1.29 is 14.3 Å². The molecule has 0 radical (unpaired) electrons. The first-order chi connectivity index (χ1) is 22.0. The number of anilines is 1. The van der Waals surface area contributed by atoms with Crippen LogP contribution in [0.15, 0.2) is 24.9 Å². The summed E-state index contributed by atoms with van der Waals surface area (Å²) in [6, 6.07) is 2.13. The highest BCUT2D eigenvalue weighted by atomic mass is 35.5. The van der Waals surface area contributed by atoms with Gasteiger partial charge in [-0.1, -0.05) is 29.8 Å². The fourth-order valence-electron chi connectivity index (χ4n) is 8.34. The molecule has 1 aliphatic carbocycles. The van der Waals surface area contributed by atoms with E-state index < -0.39 is 0 Å². The van der Waals surface area contributed by atoms with E-state index >= 15 is 0 Å². The molecule has 3 aromatic rings. The molecule has 1 N–H and O–H groups in total. The van der Waals surface area contributed by atoms with Crippen LogP contribution in [0.2, 0.25) is 10.0 Å². The molecule has 5 fully saturated rings. The number of H-pyrrole nitrogens is 1. The zero-order valence-corrected chi connectivity index (χ0v) is 28.8. The topological polar surface area (TPSA) is 91.8 Å². The molecule has 1 saturated carbocycles. The molecule has 1 spiro atoms. The third kappa shape index (κ3) is 5.64. The van der Waals surface area contributed by atoms with Crippen molar-refractivity contribution in [2.45, 2.75) is 76.7 Å². The van der Waals surface area contributed by atoms with E-state index in [-0.39, 0.29) is 16.9 Å². The van der Waals surface area contributed by atoms with Gasteiger partial charge in [-0.15, -0.1) is 0 Å². The summed E-state index contributed by atoms with van der Waals surface area (Å²) in [5, 5.41) is 14.6. The number of morpholine rings is 1. The van der Waals surface area contributed by atoms with Crippen LogP contribution in [0.1, 0.15) is 57.7 Å². The van der Waals surface area contributed by atoms with E-state index in [1.165, 1.54) is 12.5 Å². The molecule has 6 heterocycles. The quantitative estimate of drug-likeness (QED) is 0.347. The number of likely N-dealkylation sites (tertiary alicyclic amines) is 1. The number of aromatic nitrogens is 4. The van der Waals surface area contributed by atoms with Crippen LogP contribution in [0, 0.1) is 12.3 Å². The highest BCUT2D eigenvalue weighted by Gasteiger charge is 2.54. The van der Waals surface area contributed by atoms with Crippen LogP contribution in [-0.4, -0.2) is 106 Å². The molecule has 1 amide bonds. The molecule has 8 rings (SSSR count). The van der Waals surface area contributed by atoms with Crippen LogP contribution >= 0.6 is 23.2 Å². The fraction of sp³-hybridized carbons (Fsp3) is 0.618. The Morgan fingerprint density at radius 1 is 1.13 bits per heavy atom. The first kappa shape index (κ1) is 31.9. The zero-order valence-electron chi connectivity index (χ0n) is 27.3. The van der Waals surface area contributed by atoms with Gasteiger partial charge in [0.2, 0.25) is 5.91 Å². The number of carbonyl (C=O) groups excluding carboxylic acids is 1. The molecule has 46 heavy (non-hydrogen) atoms. The molecule has 12 heteroatoms. The number of aromatic amines is 1. The van der Waals surface area contributed by atoms with Crippen LogP contribution in [-0.2, 0) is 14.3 Å². The van der Waals surface area contributed by atoms with Crippen molar-refractivity contribution >= 4 is 45.8 Å².